The van der Waals surface area contributed by atoms with Crippen LogP contribution in [0.3, 0.4) is 0 Å². The number of amides is 1. The van der Waals surface area contributed by atoms with Gasteiger partial charge in [0.25, 0.3) is 5.91 Å². The lowest BCUT2D eigenvalue weighted by molar-refractivity contribution is 0.0648. The van der Waals surface area contributed by atoms with Crippen molar-refractivity contribution in [3.8, 4) is 0 Å². The number of halogens is 2. The van der Waals surface area contributed by atoms with Crippen LogP contribution in [0.4, 0.5) is 0 Å². The van der Waals surface area contributed by atoms with Gasteiger partial charge in [0.2, 0.25) is 0 Å². The van der Waals surface area contributed by atoms with Crippen LogP contribution in [0.25, 0.3) is 0 Å². The van der Waals surface area contributed by atoms with Gasteiger partial charge in [-0.2, -0.15) is 0 Å². The van der Waals surface area contributed by atoms with Crippen LogP contribution < -0.4 is 5.32 Å². The number of hydrogen-bond acceptors (Lipinski definition) is 5. The van der Waals surface area contributed by atoms with Gasteiger partial charge in [-0.05, 0) is 31.2 Å². The van der Waals surface area contributed by atoms with Gasteiger partial charge in [-0.15, -0.1) is 22.6 Å². The molecule has 1 amide bonds. The van der Waals surface area contributed by atoms with E-state index >= 15 is 0 Å². The average Bonchev–Trinajstić information content (AvgIpc) is 2.57. The second kappa shape index (κ2) is 8.67. The van der Waals surface area contributed by atoms with Crippen LogP contribution in [-0.2, 0) is 0 Å². The summed E-state index contributed by atoms with van der Waals surface area (Å²) in [4.78, 5) is 15.3. The molecule has 1 aromatic carbocycles. The summed E-state index contributed by atoms with van der Waals surface area (Å²) < 4.78 is 0. The first-order chi connectivity index (χ1) is 11.1. The molecule has 0 spiro atoms. The van der Waals surface area contributed by atoms with E-state index in [0.717, 1.165) is 18.0 Å². The van der Waals surface area contributed by atoms with Gasteiger partial charge in [-0.1, -0.05) is 35.5 Å². The van der Waals surface area contributed by atoms with E-state index in [1.807, 2.05) is 36.1 Å². The number of hydrogen-bond donors (Lipinski definition) is 1. The summed E-state index contributed by atoms with van der Waals surface area (Å²) in [7, 11) is 0. The standard InChI is InChI=1S/C16H17ClN4OS.ClH/c1-11-10-18-8-9-21(11)16(22)13-6-7-15(20-19-13)23-14-5-3-2-4-12(14)17;/h2-7,11,18H,8-10H2,1H3;1H. The molecule has 2 aromatic rings. The minimum atomic E-state index is -0.0687. The summed E-state index contributed by atoms with van der Waals surface area (Å²) in [5.74, 6) is -0.0687. The number of benzene rings is 1. The first-order valence-electron chi connectivity index (χ1n) is 7.43. The van der Waals surface area contributed by atoms with Gasteiger partial charge in [0.05, 0.1) is 5.02 Å². The number of carbonyl (C=O) groups excluding carboxylic acids is 1. The minimum Gasteiger partial charge on any atom is -0.332 e. The summed E-state index contributed by atoms with van der Waals surface area (Å²) in [5, 5.41) is 12.9. The normalized spacial score (nSPS) is 17.2. The topological polar surface area (TPSA) is 58.1 Å². The maximum Gasteiger partial charge on any atom is 0.274 e. The van der Waals surface area contributed by atoms with Crippen molar-refractivity contribution < 1.29 is 4.79 Å². The summed E-state index contributed by atoms with van der Waals surface area (Å²) >= 11 is 7.57. The largest absolute Gasteiger partial charge is 0.332 e. The molecule has 5 nitrogen and oxygen atoms in total. The summed E-state index contributed by atoms with van der Waals surface area (Å²) in [5.41, 5.74) is 0.377. The zero-order valence-corrected chi connectivity index (χ0v) is 15.5. The summed E-state index contributed by atoms with van der Waals surface area (Å²) in [6, 6.07) is 11.3. The quantitative estimate of drug-likeness (QED) is 0.880. The minimum absolute atomic E-state index is 0. The molecular formula is C16H18Cl2N4OS. The molecular weight excluding hydrogens is 367 g/mol. The Balaban J connectivity index is 0.00000208. The van der Waals surface area contributed by atoms with Crippen LogP contribution in [-0.4, -0.2) is 46.7 Å². The van der Waals surface area contributed by atoms with Gasteiger partial charge in [0, 0.05) is 30.6 Å². The molecule has 1 unspecified atom stereocenters. The van der Waals surface area contributed by atoms with Crippen LogP contribution in [0.2, 0.25) is 5.02 Å². The van der Waals surface area contributed by atoms with Gasteiger partial charge in [-0.3, -0.25) is 4.79 Å². The van der Waals surface area contributed by atoms with Gasteiger partial charge in [0.1, 0.15) is 5.03 Å². The average molecular weight is 385 g/mol. The van der Waals surface area contributed by atoms with Crippen LogP contribution in [0.15, 0.2) is 46.3 Å². The molecule has 8 heteroatoms. The van der Waals surface area contributed by atoms with Crippen molar-refractivity contribution in [3.63, 3.8) is 0 Å². The highest BCUT2D eigenvalue weighted by molar-refractivity contribution is 7.99. The second-order valence-electron chi connectivity index (χ2n) is 5.34. The number of piperazine rings is 1. The van der Waals surface area contributed by atoms with Gasteiger partial charge in [0.15, 0.2) is 5.69 Å². The highest BCUT2D eigenvalue weighted by atomic mass is 35.5. The highest BCUT2D eigenvalue weighted by Gasteiger charge is 2.25. The van der Waals surface area contributed by atoms with Crippen molar-refractivity contribution in [3.05, 3.63) is 47.1 Å². The van der Waals surface area contributed by atoms with Crippen LogP contribution in [0.5, 0.6) is 0 Å². The Labute approximate surface area is 156 Å². The molecule has 1 saturated heterocycles. The molecule has 2 heterocycles. The third-order valence-corrected chi connectivity index (χ3v) is 5.12. The Morgan fingerprint density at radius 2 is 2.08 bits per heavy atom. The lowest BCUT2D eigenvalue weighted by Crippen LogP contribution is -2.52. The Bertz CT molecular complexity index is 699. The zero-order chi connectivity index (χ0) is 16.2. The first-order valence-corrected chi connectivity index (χ1v) is 8.62. The van der Waals surface area contributed by atoms with Crippen LogP contribution in [0, 0.1) is 0 Å². The van der Waals surface area contributed by atoms with Crippen molar-refractivity contribution in [1.29, 1.82) is 0 Å². The maximum absolute atomic E-state index is 12.5. The molecule has 128 valence electrons. The molecule has 1 N–H and O–H groups in total. The van der Waals surface area contributed by atoms with E-state index in [9.17, 15) is 4.79 Å². The Morgan fingerprint density at radius 1 is 1.29 bits per heavy atom. The predicted molar refractivity (Wildman–Crippen MR) is 98.2 cm³/mol. The monoisotopic (exact) mass is 384 g/mol. The molecule has 24 heavy (non-hydrogen) atoms. The molecule has 1 atom stereocenters. The molecule has 1 aliphatic rings. The summed E-state index contributed by atoms with van der Waals surface area (Å²) in [6.45, 7) is 4.33. The molecule has 1 aliphatic heterocycles. The molecule has 0 radical (unpaired) electrons. The number of rotatable bonds is 3. The molecule has 0 aliphatic carbocycles. The smallest absolute Gasteiger partial charge is 0.274 e. The van der Waals surface area contributed by atoms with Crippen LogP contribution >= 0.6 is 35.8 Å². The summed E-state index contributed by atoms with van der Waals surface area (Å²) in [6.07, 6.45) is 0. The first kappa shape index (κ1) is 19.0. The predicted octanol–water partition coefficient (Wildman–Crippen LogP) is 3.14. The van der Waals surface area contributed by atoms with Crippen molar-refractivity contribution in [2.75, 3.05) is 19.6 Å². The lowest BCUT2D eigenvalue weighted by atomic mass is 10.2. The fourth-order valence-electron chi connectivity index (χ4n) is 2.42. The van der Waals surface area contributed by atoms with Gasteiger partial charge in [-0.25, -0.2) is 0 Å². The van der Waals surface area contributed by atoms with Crippen molar-refractivity contribution in [1.82, 2.24) is 20.4 Å². The van der Waals surface area contributed by atoms with Gasteiger partial charge >= 0.3 is 0 Å². The number of aromatic nitrogens is 2. The fraction of sp³-hybridized carbons (Fsp3) is 0.312. The van der Waals surface area contributed by atoms with Crippen LogP contribution in [0.1, 0.15) is 17.4 Å². The van der Waals surface area contributed by atoms with Crippen molar-refractivity contribution >= 4 is 41.7 Å². The molecule has 1 fully saturated rings. The third-order valence-electron chi connectivity index (χ3n) is 3.67. The number of nitrogens with zero attached hydrogens (tertiary/aromatic N) is 3. The number of nitrogens with one attached hydrogen (secondary N) is 1. The maximum atomic E-state index is 12.5. The van der Waals surface area contributed by atoms with E-state index in [4.69, 9.17) is 11.6 Å². The highest BCUT2D eigenvalue weighted by Crippen LogP contribution is 2.31. The number of carbonyl (C=O) groups is 1. The lowest BCUT2D eigenvalue weighted by Gasteiger charge is -2.33. The van der Waals surface area contributed by atoms with Crippen molar-refractivity contribution in [2.24, 2.45) is 0 Å². The van der Waals surface area contributed by atoms with E-state index in [1.165, 1.54) is 11.8 Å². The third kappa shape index (κ3) is 4.39. The zero-order valence-electron chi connectivity index (χ0n) is 13.1. The van der Waals surface area contributed by atoms with E-state index in [0.29, 0.717) is 22.3 Å². The second-order valence-corrected chi connectivity index (χ2v) is 6.81. The SMILES string of the molecule is CC1CNCCN1C(=O)c1ccc(Sc2ccccc2Cl)nn1.Cl. The Morgan fingerprint density at radius 3 is 2.75 bits per heavy atom. The molecule has 3 rings (SSSR count). The van der Waals surface area contributed by atoms with Crippen molar-refractivity contribution in [2.45, 2.75) is 22.9 Å². The van der Waals surface area contributed by atoms with E-state index in [-0.39, 0.29) is 24.4 Å². The fourth-order valence-corrected chi connectivity index (χ4v) is 3.43. The molecule has 0 saturated carbocycles. The van der Waals surface area contributed by atoms with E-state index < -0.39 is 0 Å². The van der Waals surface area contributed by atoms with E-state index in [1.54, 1.807) is 12.1 Å². The Hall–Kier alpha value is -1.34. The Kier molecular flexibility index (Phi) is 6.86. The van der Waals surface area contributed by atoms with Gasteiger partial charge < -0.3 is 10.2 Å². The molecule has 1 aromatic heterocycles. The molecule has 0 bridgehead atoms. The van der Waals surface area contributed by atoms with E-state index in [2.05, 4.69) is 15.5 Å².